The average molecular weight is 376 g/mol. The van der Waals surface area contributed by atoms with Gasteiger partial charge in [-0.1, -0.05) is 10.4 Å². The summed E-state index contributed by atoms with van der Waals surface area (Å²) in [6.45, 7) is 2.06. The first-order valence-corrected chi connectivity index (χ1v) is 8.30. The summed E-state index contributed by atoms with van der Waals surface area (Å²) in [6.07, 6.45) is 3.56. The summed E-state index contributed by atoms with van der Waals surface area (Å²) < 4.78 is 30.3. The number of carbonyl (C=O) groups is 1. The number of pyridine rings is 1. The fourth-order valence-corrected chi connectivity index (χ4v) is 2.37. The Morgan fingerprint density at radius 3 is 2.81 bits per heavy atom. The Hall–Kier alpha value is -3.24. The Morgan fingerprint density at radius 2 is 2.07 bits per heavy atom. The molecule has 27 heavy (non-hydrogen) atoms. The number of amides is 1. The Kier molecular flexibility index (Phi) is 5.79. The molecule has 11 heteroatoms. The highest BCUT2D eigenvalue weighted by Gasteiger charge is 2.14. The van der Waals surface area contributed by atoms with E-state index >= 15 is 0 Å². The molecule has 1 N–H and O–H groups in total. The van der Waals surface area contributed by atoms with E-state index in [4.69, 9.17) is 0 Å². The Labute approximate surface area is 153 Å². The van der Waals surface area contributed by atoms with Gasteiger partial charge in [0.05, 0.1) is 30.7 Å². The minimum absolute atomic E-state index is 0.0636. The van der Waals surface area contributed by atoms with Crippen LogP contribution in [0, 0.1) is 12.7 Å². The van der Waals surface area contributed by atoms with Gasteiger partial charge >= 0.3 is 0 Å². The molecule has 0 aromatic carbocycles. The monoisotopic (exact) mass is 376 g/mol. The lowest BCUT2D eigenvalue weighted by Gasteiger charge is -2.07. The molecule has 3 rings (SSSR count). The zero-order valence-electron chi connectivity index (χ0n) is 14.6. The third kappa shape index (κ3) is 5.12. The van der Waals surface area contributed by atoms with Gasteiger partial charge in [-0.05, 0) is 19.1 Å². The van der Waals surface area contributed by atoms with E-state index < -0.39 is 17.9 Å². The Bertz CT molecular complexity index is 909. The summed E-state index contributed by atoms with van der Waals surface area (Å²) in [7, 11) is 0. The van der Waals surface area contributed by atoms with Gasteiger partial charge in [-0.3, -0.25) is 14.5 Å². The first-order chi connectivity index (χ1) is 13.0. The van der Waals surface area contributed by atoms with E-state index in [0.717, 1.165) is 5.69 Å². The van der Waals surface area contributed by atoms with Gasteiger partial charge in [-0.15, -0.1) is 10.2 Å². The number of aryl methyl sites for hydroxylation is 2. The minimum Gasteiger partial charge on any atom is -0.345 e. The molecule has 0 spiro atoms. The average Bonchev–Trinajstić information content (AvgIpc) is 3.28. The van der Waals surface area contributed by atoms with E-state index in [9.17, 15) is 13.6 Å². The van der Waals surface area contributed by atoms with Crippen LogP contribution >= 0.6 is 0 Å². The second kappa shape index (κ2) is 8.43. The van der Waals surface area contributed by atoms with Gasteiger partial charge in [0.25, 0.3) is 5.91 Å². The van der Waals surface area contributed by atoms with Crippen molar-refractivity contribution in [2.45, 2.75) is 39.2 Å². The molecule has 0 fully saturated rings. The third-order valence-corrected chi connectivity index (χ3v) is 3.73. The van der Waals surface area contributed by atoms with Gasteiger partial charge in [0.1, 0.15) is 12.0 Å². The second-order valence-electron chi connectivity index (χ2n) is 5.95. The molecule has 0 bridgehead atoms. The Morgan fingerprint density at radius 1 is 1.26 bits per heavy atom. The van der Waals surface area contributed by atoms with Gasteiger partial charge < -0.3 is 5.32 Å². The van der Waals surface area contributed by atoms with Crippen LogP contribution < -0.4 is 5.32 Å². The summed E-state index contributed by atoms with van der Waals surface area (Å²) >= 11 is 0. The van der Waals surface area contributed by atoms with Crippen molar-refractivity contribution in [2.24, 2.45) is 0 Å². The number of hydrogen-bond donors (Lipinski definition) is 1. The molecule has 0 aliphatic rings. The minimum atomic E-state index is -1.14. The molecule has 0 saturated heterocycles. The molecule has 3 heterocycles. The molecule has 1 atom stereocenters. The summed E-state index contributed by atoms with van der Waals surface area (Å²) in [5.41, 5.74) is 0.912. The molecule has 3 aromatic heterocycles. The molecule has 1 amide bonds. The predicted octanol–water partition coefficient (Wildman–Crippen LogP) is 1.07. The van der Waals surface area contributed by atoms with Gasteiger partial charge in [0.15, 0.2) is 5.69 Å². The van der Waals surface area contributed by atoms with Crippen molar-refractivity contribution in [3.63, 3.8) is 0 Å². The SMILES string of the molecule is Cc1cn(CC(F)CCn2cc(C(=O)NCc3ncccc3F)nn2)nn1. The third-order valence-electron chi connectivity index (χ3n) is 3.73. The molecule has 0 saturated carbocycles. The molecule has 0 aliphatic carbocycles. The van der Waals surface area contributed by atoms with Crippen LogP contribution in [0.25, 0.3) is 0 Å². The predicted molar refractivity (Wildman–Crippen MR) is 89.7 cm³/mol. The largest absolute Gasteiger partial charge is 0.345 e. The smallest absolute Gasteiger partial charge is 0.273 e. The summed E-state index contributed by atoms with van der Waals surface area (Å²) in [4.78, 5) is 15.9. The van der Waals surface area contributed by atoms with Gasteiger partial charge in [0.2, 0.25) is 0 Å². The lowest BCUT2D eigenvalue weighted by atomic mass is 10.3. The van der Waals surface area contributed by atoms with Crippen molar-refractivity contribution in [3.8, 4) is 0 Å². The number of nitrogens with zero attached hydrogens (tertiary/aromatic N) is 7. The van der Waals surface area contributed by atoms with Gasteiger partial charge in [-0.2, -0.15) is 0 Å². The standard InChI is InChI=1S/C16H18F2N8O/c1-11-8-26(23-21-11)9-12(17)4-6-25-10-15(22-24-25)16(27)20-7-14-13(18)3-2-5-19-14/h2-3,5,8,10,12H,4,6-7,9H2,1H3,(H,20,27). The molecular weight excluding hydrogens is 358 g/mol. The molecule has 142 valence electrons. The maximum absolute atomic E-state index is 14.0. The lowest BCUT2D eigenvalue weighted by molar-refractivity contribution is 0.0945. The number of rotatable bonds is 8. The van der Waals surface area contributed by atoms with Crippen molar-refractivity contribution in [1.82, 2.24) is 40.3 Å². The number of aromatic nitrogens is 7. The van der Waals surface area contributed by atoms with Gasteiger partial charge in [0, 0.05) is 25.4 Å². The van der Waals surface area contributed by atoms with E-state index in [1.807, 2.05) is 0 Å². The van der Waals surface area contributed by atoms with Crippen LogP contribution in [0.1, 0.15) is 28.3 Å². The molecule has 9 nitrogen and oxygen atoms in total. The topological polar surface area (TPSA) is 103 Å². The number of alkyl halides is 1. The molecule has 0 aliphatic heterocycles. The normalized spacial score (nSPS) is 12.1. The van der Waals surface area contributed by atoms with E-state index in [1.165, 1.54) is 33.9 Å². The number of hydrogen-bond acceptors (Lipinski definition) is 6. The van der Waals surface area contributed by atoms with Crippen LogP contribution in [0.2, 0.25) is 0 Å². The maximum Gasteiger partial charge on any atom is 0.273 e. The van der Waals surface area contributed by atoms with Crippen LogP contribution in [0.5, 0.6) is 0 Å². The van der Waals surface area contributed by atoms with Crippen molar-refractivity contribution in [2.75, 3.05) is 0 Å². The van der Waals surface area contributed by atoms with Crippen LogP contribution in [0.4, 0.5) is 8.78 Å². The highest BCUT2D eigenvalue weighted by molar-refractivity contribution is 5.91. The highest BCUT2D eigenvalue weighted by atomic mass is 19.1. The van der Waals surface area contributed by atoms with E-state index in [2.05, 4.69) is 30.9 Å². The Balaban J connectivity index is 1.47. The van der Waals surface area contributed by atoms with Gasteiger partial charge in [-0.25, -0.2) is 13.5 Å². The fraction of sp³-hybridized carbons (Fsp3) is 0.375. The van der Waals surface area contributed by atoms with Crippen LogP contribution in [0.3, 0.4) is 0 Å². The summed E-state index contributed by atoms with van der Waals surface area (Å²) in [5.74, 6) is -1.01. The fourth-order valence-electron chi connectivity index (χ4n) is 2.37. The van der Waals surface area contributed by atoms with Crippen LogP contribution in [-0.2, 0) is 19.6 Å². The van der Waals surface area contributed by atoms with Crippen molar-refractivity contribution in [3.05, 3.63) is 53.6 Å². The second-order valence-corrected chi connectivity index (χ2v) is 5.95. The highest BCUT2D eigenvalue weighted by Crippen LogP contribution is 2.06. The van der Waals surface area contributed by atoms with Crippen LogP contribution in [-0.4, -0.2) is 47.1 Å². The van der Waals surface area contributed by atoms with Crippen molar-refractivity contribution >= 4 is 5.91 Å². The zero-order chi connectivity index (χ0) is 19.2. The van der Waals surface area contributed by atoms with E-state index in [-0.39, 0.29) is 37.4 Å². The van der Waals surface area contributed by atoms with Crippen LogP contribution in [0.15, 0.2) is 30.7 Å². The van der Waals surface area contributed by atoms with Crippen molar-refractivity contribution in [1.29, 1.82) is 0 Å². The maximum atomic E-state index is 14.0. The molecule has 1 unspecified atom stereocenters. The zero-order valence-corrected chi connectivity index (χ0v) is 14.6. The lowest BCUT2D eigenvalue weighted by Crippen LogP contribution is -2.24. The molecule has 3 aromatic rings. The number of nitrogens with one attached hydrogen (secondary N) is 1. The quantitative estimate of drug-likeness (QED) is 0.631. The number of halogens is 2. The van der Waals surface area contributed by atoms with E-state index in [1.54, 1.807) is 13.1 Å². The van der Waals surface area contributed by atoms with Crippen molar-refractivity contribution < 1.29 is 13.6 Å². The number of carbonyl (C=O) groups excluding carboxylic acids is 1. The first kappa shape index (κ1) is 18.5. The summed E-state index contributed by atoms with van der Waals surface area (Å²) in [5, 5.41) is 17.7. The first-order valence-electron chi connectivity index (χ1n) is 8.30. The van der Waals surface area contributed by atoms with E-state index in [0.29, 0.717) is 0 Å². The summed E-state index contributed by atoms with van der Waals surface area (Å²) in [6, 6.07) is 2.73. The molecule has 0 radical (unpaired) electrons. The molecular formula is C16H18F2N8O.